The highest BCUT2D eigenvalue weighted by Crippen LogP contribution is 2.33. The van der Waals surface area contributed by atoms with Gasteiger partial charge in [-0.1, -0.05) is 15.9 Å². The maximum Gasteiger partial charge on any atom is 0.266 e. The SMILES string of the molecule is COc1ccc(N2C(=O)c3ccc(Oc4ccc(Br)cc4)cc3C2=O)cc1. The maximum absolute atomic E-state index is 12.8. The number of methoxy groups -OCH3 is 1. The smallest absolute Gasteiger partial charge is 0.266 e. The molecule has 0 bridgehead atoms. The monoisotopic (exact) mass is 423 g/mol. The van der Waals surface area contributed by atoms with Crippen LogP contribution in [-0.4, -0.2) is 18.9 Å². The molecule has 0 atom stereocenters. The van der Waals surface area contributed by atoms with Gasteiger partial charge in [0, 0.05) is 4.47 Å². The molecular weight excluding hydrogens is 410 g/mol. The van der Waals surface area contributed by atoms with E-state index in [4.69, 9.17) is 9.47 Å². The average Bonchev–Trinajstić information content (AvgIpc) is 2.94. The molecule has 0 N–H and O–H groups in total. The third-order valence-corrected chi connectivity index (χ3v) is 4.77. The van der Waals surface area contributed by atoms with Gasteiger partial charge in [0.05, 0.1) is 23.9 Å². The molecule has 0 saturated carbocycles. The van der Waals surface area contributed by atoms with Crippen LogP contribution in [0.2, 0.25) is 0 Å². The fourth-order valence-electron chi connectivity index (χ4n) is 2.89. The summed E-state index contributed by atoms with van der Waals surface area (Å²) in [4.78, 5) is 26.7. The third-order valence-electron chi connectivity index (χ3n) is 4.24. The normalized spacial score (nSPS) is 12.9. The molecule has 3 aromatic carbocycles. The van der Waals surface area contributed by atoms with Crippen LogP contribution in [-0.2, 0) is 0 Å². The van der Waals surface area contributed by atoms with E-state index < -0.39 is 0 Å². The molecule has 1 aliphatic heterocycles. The van der Waals surface area contributed by atoms with Crippen LogP contribution < -0.4 is 14.4 Å². The summed E-state index contributed by atoms with van der Waals surface area (Å²) >= 11 is 3.37. The van der Waals surface area contributed by atoms with E-state index >= 15 is 0 Å². The Morgan fingerprint density at radius 2 is 1.33 bits per heavy atom. The number of carbonyl (C=O) groups is 2. The van der Waals surface area contributed by atoms with Gasteiger partial charge in [0.25, 0.3) is 11.8 Å². The number of benzene rings is 3. The van der Waals surface area contributed by atoms with Gasteiger partial charge < -0.3 is 9.47 Å². The third kappa shape index (κ3) is 3.19. The minimum atomic E-state index is -0.374. The molecule has 0 aliphatic carbocycles. The number of hydrogen-bond donors (Lipinski definition) is 0. The first-order chi connectivity index (χ1) is 13.1. The first-order valence-electron chi connectivity index (χ1n) is 8.17. The number of imide groups is 1. The summed E-state index contributed by atoms with van der Waals surface area (Å²) in [6, 6.07) is 19.0. The van der Waals surface area contributed by atoms with E-state index in [1.807, 2.05) is 24.3 Å². The summed E-state index contributed by atoms with van der Waals surface area (Å²) in [5.74, 6) is 1.06. The van der Waals surface area contributed by atoms with E-state index in [-0.39, 0.29) is 11.8 Å². The molecule has 1 aliphatic rings. The predicted octanol–water partition coefficient (Wildman–Crippen LogP) is 5.05. The Labute approximate surface area is 164 Å². The molecule has 0 aromatic heterocycles. The highest BCUT2D eigenvalue weighted by Gasteiger charge is 2.37. The van der Waals surface area contributed by atoms with Crippen molar-refractivity contribution in [3.05, 3.63) is 82.3 Å². The van der Waals surface area contributed by atoms with E-state index in [2.05, 4.69) is 15.9 Å². The molecule has 3 aromatic rings. The zero-order chi connectivity index (χ0) is 19.0. The summed E-state index contributed by atoms with van der Waals surface area (Å²) in [6.45, 7) is 0. The quantitative estimate of drug-likeness (QED) is 0.550. The van der Waals surface area contributed by atoms with Gasteiger partial charge in [-0.2, -0.15) is 0 Å². The van der Waals surface area contributed by atoms with E-state index in [1.54, 1.807) is 49.6 Å². The fourth-order valence-corrected chi connectivity index (χ4v) is 3.15. The number of carbonyl (C=O) groups excluding carboxylic acids is 2. The second kappa shape index (κ2) is 6.89. The van der Waals surface area contributed by atoms with E-state index in [0.29, 0.717) is 34.1 Å². The van der Waals surface area contributed by atoms with Gasteiger partial charge in [0.15, 0.2) is 0 Å². The lowest BCUT2D eigenvalue weighted by molar-refractivity contribution is 0.0926. The fraction of sp³-hybridized carbons (Fsp3) is 0.0476. The van der Waals surface area contributed by atoms with Crippen molar-refractivity contribution < 1.29 is 19.1 Å². The van der Waals surface area contributed by atoms with Crippen molar-refractivity contribution in [1.29, 1.82) is 0 Å². The zero-order valence-corrected chi connectivity index (χ0v) is 15.9. The van der Waals surface area contributed by atoms with Gasteiger partial charge in [-0.3, -0.25) is 9.59 Å². The predicted molar refractivity (Wildman–Crippen MR) is 105 cm³/mol. The number of nitrogens with zero attached hydrogens (tertiary/aromatic N) is 1. The summed E-state index contributed by atoms with van der Waals surface area (Å²) in [7, 11) is 1.56. The molecule has 4 rings (SSSR count). The molecule has 0 unspecified atom stereocenters. The topological polar surface area (TPSA) is 55.8 Å². The second-order valence-electron chi connectivity index (χ2n) is 5.91. The molecule has 1 heterocycles. The van der Waals surface area contributed by atoms with Gasteiger partial charge >= 0.3 is 0 Å². The van der Waals surface area contributed by atoms with Gasteiger partial charge in [-0.15, -0.1) is 0 Å². The van der Waals surface area contributed by atoms with Crippen molar-refractivity contribution in [1.82, 2.24) is 0 Å². The molecule has 0 spiro atoms. The summed E-state index contributed by atoms with van der Waals surface area (Å²) in [5.41, 5.74) is 1.18. The summed E-state index contributed by atoms with van der Waals surface area (Å²) in [5, 5.41) is 0. The van der Waals surface area contributed by atoms with Crippen LogP contribution in [0, 0.1) is 0 Å². The highest BCUT2D eigenvalue weighted by molar-refractivity contribution is 9.10. The zero-order valence-electron chi connectivity index (χ0n) is 14.3. The molecule has 0 fully saturated rings. The molecular formula is C21H14BrNO4. The Bertz CT molecular complexity index is 1030. The number of amides is 2. The summed E-state index contributed by atoms with van der Waals surface area (Å²) in [6.07, 6.45) is 0. The van der Waals surface area contributed by atoms with Crippen LogP contribution in [0.15, 0.2) is 71.2 Å². The molecule has 134 valence electrons. The number of rotatable bonds is 4. The largest absolute Gasteiger partial charge is 0.497 e. The Morgan fingerprint density at radius 3 is 2.00 bits per heavy atom. The number of hydrogen-bond acceptors (Lipinski definition) is 4. The number of anilines is 1. The van der Waals surface area contributed by atoms with E-state index in [0.717, 1.165) is 9.37 Å². The van der Waals surface area contributed by atoms with Crippen LogP contribution >= 0.6 is 15.9 Å². The number of halogens is 1. The minimum absolute atomic E-state index is 0.324. The van der Waals surface area contributed by atoms with E-state index in [1.165, 1.54) is 0 Å². The van der Waals surface area contributed by atoms with Crippen LogP contribution in [0.1, 0.15) is 20.7 Å². The van der Waals surface area contributed by atoms with Gasteiger partial charge in [0.2, 0.25) is 0 Å². The van der Waals surface area contributed by atoms with Gasteiger partial charge in [-0.25, -0.2) is 4.90 Å². The first kappa shape index (κ1) is 17.3. The molecule has 0 saturated heterocycles. The molecule has 0 radical (unpaired) electrons. The van der Waals surface area contributed by atoms with Crippen molar-refractivity contribution in [2.75, 3.05) is 12.0 Å². The lowest BCUT2D eigenvalue weighted by atomic mass is 10.1. The Balaban J connectivity index is 1.63. The van der Waals surface area contributed by atoms with Crippen molar-refractivity contribution in [3.8, 4) is 17.2 Å². The van der Waals surface area contributed by atoms with Crippen molar-refractivity contribution in [2.45, 2.75) is 0 Å². The average molecular weight is 424 g/mol. The standard InChI is InChI=1S/C21H14BrNO4/c1-26-15-8-4-14(5-9-15)23-20(24)18-11-10-17(12-19(18)21(23)25)27-16-6-2-13(22)3-7-16/h2-12H,1H3. The second-order valence-corrected chi connectivity index (χ2v) is 6.82. The molecule has 6 heteroatoms. The minimum Gasteiger partial charge on any atom is -0.497 e. The molecule has 2 amide bonds. The van der Waals surface area contributed by atoms with Gasteiger partial charge in [0.1, 0.15) is 17.2 Å². The van der Waals surface area contributed by atoms with Crippen LogP contribution in [0.3, 0.4) is 0 Å². The Kier molecular flexibility index (Phi) is 4.41. The maximum atomic E-state index is 12.8. The van der Waals surface area contributed by atoms with Crippen LogP contribution in [0.4, 0.5) is 5.69 Å². The van der Waals surface area contributed by atoms with Crippen molar-refractivity contribution >= 4 is 33.4 Å². The van der Waals surface area contributed by atoms with Crippen molar-refractivity contribution in [3.63, 3.8) is 0 Å². The van der Waals surface area contributed by atoms with Gasteiger partial charge in [-0.05, 0) is 66.7 Å². The molecule has 5 nitrogen and oxygen atoms in total. The lowest BCUT2D eigenvalue weighted by Crippen LogP contribution is -2.29. The van der Waals surface area contributed by atoms with E-state index in [9.17, 15) is 9.59 Å². The van der Waals surface area contributed by atoms with Crippen LogP contribution in [0.5, 0.6) is 17.2 Å². The van der Waals surface area contributed by atoms with Crippen LogP contribution in [0.25, 0.3) is 0 Å². The number of fused-ring (bicyclic) bond motifs is 1. The lowest BCUT2D eigenvalue weighted by Gasteiger charge is -2.14. The van der Waals surface area contributed by atoms with Crippen molar-refractivity contribution in [2.24, 2.45) is 0 Å². The summed E-state index contributed by atoms with van der Waals surface area (Å²) < 4.78 is 11.9. The number of ether oxygens (including phenoxy) is 2. The Hall–Kier alpha value is -3.12. The Morgan fingerprint density at radius 1 is 0.741 bits per heavy atom. The highest BCUT2D eigenvalue weighted by atomic mass is 79.9. The molecule has 27 heavy (non-hydrogen) atoms. The first-order valence-corrected chi connectivity index (χ1v) is 8.96.